The zero-order valence-corrected chi connectivity index (χ0v) is 12.7. The van der Waals surface area contributed by atoms with Crippen molar-refractivity contribution in [3.8, 4) is 11.8 Å². The Labute approximate surface area is 130 Å². The lowest BCUT2D eigenvalue weighted by Crippen LogP contribution is -2.09. The van der Waals surface area contributed by atoms with Crippen LogP contribution < -0.4 is 4.74 Å². The molecule has 0 aromatic heterocycles. The van der Waals surface area contributed by atoms with E-state index in [1.165, 1.54) is 6.07 Å². The van der Waals surface area contributed by atoms with Crippen LogP contribution in [0.3, 0.4) is 0 Å². The summed E-state index contributed by atoms with van der Waals surface area (Å²) in [4.78, 5) is 0. The Morgan fingerprint density at radius 1 is 1.23 bits per heavy atom. The molecule has 3 heteroatoms. The topological polar surface area (TPSA) is 33.0 Å². The summed E-state index contributed by atoms with van der Waals surface area (Å²) in [7, 11) is 0. The summed E-state index contributed by atoms with van der Waals surface area (Å²) >= 11 is 0. The number of allylic oxidation sites excluding steroid dienone is 1. The molecule has 0 saturated heterocycles. The van der Waals surface area contributed by atoms with Gasteiger partial charge in [-0.25, -0.2) is 4.39 Å². The molecular weight excluding hydrogens is 277 g/mol. The molecule has 0 aliphatic heterocycles. The van der Waals surface area contributed by atoms with Crippen LogP contribution in [0.25, 0.3) is 11.6 Å². The summed E-state index contributed by atoms with van der Waals surface area (Å²) in [5.74, 6) is 0.392. The second kappa shape index (κ2) is 7.42. The van der Waals surface area contributed by atoms with Crippen molar-refractivity contribution in [3.63, 3.8) is 0 Å². The van der Waals surface area contributed by atoms with E-state index in [4.69, 9.17) is 4.74 Å². The fourth-order valence-electron chi connectivity index (χ4n) is 1.97. The molecular formula is C19H18FNO. The van der Waals surface area contributed by atoms with Crippen molar-refractivity contribution < 1.29 is 9.13 Å². The molecule has 2 rings (SSSR count). The minimum Gasteiger partial charge on any atom is -0.491 e. The molecule has 0 radical (unpaired) electrons. The normalized spacial score (nSPS) is 12.5. The predicted octanol–water partition coefficient (Wildman–Crippen LogP) is 5.07. The highest BCUT2D eigenvalue weighted by Crippen LogP contribution is 2.22. The van der Waals surface area contributed by atoms with Crippen molar-refractivity contribution in [2.45, 2.75) is 26.4 Å². The van der Waals surface area contributed by atoms with Gasteiger partial charge < -0.3 is 4.74 Å². The first-order valence-corrected chi connectivity index (χ1v) is 7.27. The summed E-state index contributed by atoms with van der Waals surface area (Å²) < 4.78 is 19.5. The smallest absolute Gasteiger partial charge is 0.131 e. The van der Waals surface area contributed by atoms with Crippen LogP contribution in [0.4, 0.5) is 4.39 Å². The van der Waals surface area contributed by atoms with Crippen LogP contribution in [0.1, 0.15) is 31.4 Å². The fourth-order valence-corrected chi connectivity index (χ4v) is 1.97. The molecule has 0 aliphatic carbocycles. The average molecular weight is 295 g/mol. The number of nitriles is 1. The molecule has 0 heterocycles. The molecule has 1 unspecified atom stereocenters. The molecule has 22 heavy (non-hydrogen) atoms. The molecule has 0 fully saturated rings. The van der Waals surface area contributed by atoms with Gasteiger partial charge in [0.2, 0.25) is 0 Å². The summed E-state index contributed by atoms with van der Waals surface area (Å²) in [6, 6.07) is 15.8. The molecule has 0 aliphatic rings. The summed E-state index contributed by atoms with van der Waals surface area (Å²) in [5, 5.41) is 9.26. The van der Waals surface area contributed by atoms with Crippen LogP contribution in [-0.4, -0.2) is 6.10 Å². The van der Waals surface area contributed by atoms with E-state index in [1.807, 2.05) is 31.2 Å². The van der Waals surface area contributed by atoms with Gasteiger partial charge in [-0.3, -0.25) is 0 Å². The summed E-state index contributed by atoms with van der Waals surface area (Å²) in [5.41, 5.74) is 1.44. The Hall–Kier alpha value is -2.60. The highest BCUT2D eigenvalue weighted by molar-refractivity contribution is 5.89. The molecule has 1 atom stereocenters. The second-order valence-electron chi connectivity index (χ2n) is 5.06. The number of rotatable bonds is 5. The van der Waals surface area contributed by atoms with Gasteiger partial charge in [-0.2, -0.15) is 5.26 Å². The van der Waals surface area contributed by atoms with Crippen molar-refractivity contribution in [1.82, 2.24) is 0 Å². The van der Waals surface area contributed by atoms with E-state index in [0.717, 1.165) is 17.7 Å². The molecule has 0 amide bonds. The zero-order valence-electron chi connectivity index (χ0n) is 12.7. The maximum atomic E-state index is 13.8. The Kier molecular flexibility index (Phi) is 5.32. The summed E-state index contributed by atoms with van der Waals surface area (Å²) in [6.07, 6.45) is 2.77. The first-order chi connectivity index (χ1) is 10.6. The molecule has 112 valence electrons. The highest BCUT2D eigenvalue weighted by Gasteiger charge is 2.07. The third-order valence-electron chi connectivity index (χ3n) is 3.39. The maximum Gasteiger partial charge on any atom is 0.131 e. The van der Waals surface area contributed by atoms with Crippen LogP contribution in [0.15, 0.2) is 48.5 Å². The van der Waals surface area contributed by atoms with Gasteiger partial charge in [0.25, 0.3) is 0 Å². The van der Waals surface area contributed by atoms with Crippen LogP contribution in [-0.2, 0) is 0 Å². The zero-order chi connectivity index (χ0) is 15.9. The van der Waals surface area contributed by atoms with E-state index < -0.39 is 5.82 Å². The third kappa shape index (κ3) is 3.95. The Balaban J connectivity index is 2.24. The van der Waals surface area contributed by atoms with E-state index in [-0.39, 0.29) is 6.10 Å². The Morgan fingerprint density at radius 2 is 1.91 bits per heavy atom. The number of halogens is 1. The average Bonchev–Trinajstić information content (AvgIpc) is 2.55. The van der Waals surface area contributed by atoms with Crippen molar-refractivity contribution in [2.75, 3.05) is 0 Å². The lowest BCUT2D eigenvalue weighted by atomic mass is 10.0. The number of hydrogen-bond acceptors (Lipinski definition) is 2. The largest absolute Gasteiger partial charge is 0.491 e. The Bertz CT molecular complexity index is 698. The molecule has 2 aromatic carbocycles. The van der Waals surface area contributed by atoms with Gasteiger partial charge in [0.15, 0.2) is 0 Å². The van der Waals surface area contributed by atoms with Gasteiger partial charge in [0.05, 0.1) is 17.7 Å². The highest BCUT2D eigenvalue weighted by atomic mass is 19.1. The van der Waals surface area contributed by atoms with Gasteiger partial charge in [-0.1, -0.05) is 37.3 Å². The molecule has 0 bridgehead atoms. The van der Waals surface area contributed by atoms with E-state index >= 15 is 0 Å². The van der Waals surface area contributed by atoms with Crippen molar-refractivity contribution in [1.29, 1.82) is 5.26 Å². The maximum absolute atomic E-state index is 13.8. The minimum atomic E-state index is -0.396. The number of ether oxygens (including phenoxy) is 1. The third-order valence-corrected chi connectivity index (χ3v) is 3.39. The van der Waals surface area contributed by atoms with E-state index in [1.54, 1.807) is 24.3 Å². The van der Waals surface area contributed by atoms with E-state index in [0.29, 0.717) is 11.1 Å². The van der Waals surface area contributed by atoms with Gasteiger partial charge in [0, 0.05) is 5.56 Å². The van der Waals surface area contributed by atoms with Gasteiger partial charge in [0.1, 0.15) is 11.6 Å². The van der Waals surface area contributed by atoms with Gasteiger partial charge in [-0.05, 0) is 43.2 Å². The molecule has 0 saturated carbocycles. The molecule has 0 spiro atoms. The monoisotopic (exact) mass is 295 g/mol. The second-order valence-corrected chi connectivity index (χ2v) is 5.06. The van der Waals surface area contributed by atoms with Crippen molar-refractivity contribution in [3.05, 3.63) is 65.5 Å². The molecule has 2 aromatic rings. The van der Waals surface area contributed by atoms with E-state index in [9.17, 15) is 9.65 Å². The molecule has 2 nitrogen and oxygen atoms in total. The summed E-state index contributed by atoms with van der Waals surface area (Å²) in [6.45, 7) is 4.08. The number of benzene rings is 2. The van der Waals surface area contributed by atoms with Crippen molar-refractivity contribution >= 4 is 11.6 Å². The van der Waals surface area contributed by atoms with E-state index in [2.05, 4.69) is 13.0 Å². The lowest BCUT2D eigenvalue weighted by molar-refractivity contribution is 0.217. The predicted molar refractivity (Wildman–Crippen MR) is 86.7 cm³/mol. The quantitative estimate of drug-likeness (QED) is 0.570. The van der Waals surface area contributed by atoms with Crippen LogP contribution in [0.2, 0.25) is 0 Å². The molecule has 0 N–H and O–H groups in total. The van der Waals surface area contributed by atoms with Crippen LogP contribution >= 0.6 is 0 Å². The van der Waals surface area contributed by atoms with Gasteiger partial charge in [-0.15, -0.1) is 0 Å². The van der Waals surface area contributed by atoms with Crippen molar-refractivity contribution in [2.24, 2.45) is 0 Å². The van der Waals surface area contributed by atoms with Crippen LogP contribution in [0, 0.1) is 17.1 Å². The minimum absolute atomic E-state index is 0.162. The fraction of sp³-hybridized carbons (Fsp3) is 0.211. The SMILES string of the molecule is CCC(C)Oc1ccc(C=C(C#N)c2ccccc2F)cc1. The standard InChI is InChI=1S/C19H18FNO/c1-3-14(2)22-17-10-8-15(9-11-17)12-16(13-21)18-6-4-5-7-19(18)20/h4-12,14H,3H2,1-2H3. The van der Waals surface area contributed by atoms with Crippen LogP contribution in [0.5, 0.6) is 5.75 Å². The first kappa shape index (κ1) is 15.8. The number of hydrogen-bond donors (Lipinski definition) is 0. The van der Waals surface area contributed by atoms with Gasteiger partial charge >= 0.3 is 0 Å². The number of nitrogens with zero attached hydrogens (tertiary/aromatic N) is 1. The first-order valence-electron chi connectivity index (χ1n) is 7.27. The Morgan fingerprint density at radius 3 is 2.50 bits per heavy atom. The lowest BCUT2D eigenvalue weighted by Gasteiger charge is -2.12.